The number of aromatic hydroxyl groups is 4. The summed E-state index contributed by atoms with van der Waals surface area (Å²) in [7, 11) is 0. The fourth-order valence-electron chi connectivity index (χ4n) is 6.43. The molecule has 0 spiro atoms. The number of rotatable bonds is 19. The van der Waals surface area contributed by atoms with Crippen LogP contribution in [-0.4, -0.2) is 64.7 Å². The van der Waals surface area contributed by atoms with E-state index in [0.29, 0.717) is 68.5 Å². The topological polar surface area (TPSA) is 230 Å². The lowest BCUT2D eigenvalue weighted by molar-refractivity contribution is -0.138. The molecule has 0 radical (unpaired) electrons. The van der Waals surface area contributed by atoms with Gasteiger partial charge in [-0.3, -0.25) is 19.2 Å². The van der Waals surface area contributed by atoms with Gasteiger partial charge in [0.1, 0.15) is 23.0 Å². The van der Waals surface area contributed by atoms with Crippen LogP contribution in [0.2, 0.25) is 0 Å². The molecule has 0 heterocycles. The molecule has 0 fully saturated rings. The Morgan fingerprint density at radius 2 is 0.673 bits per heavy atom. The first-order valence-electron chi connectivity index (χ1n) is 16.9. The first-order valence-corrected chi connectivity index (χ1v) is 16.9. The minimum Gasteiger partial charge on any atom is -0.508 e. The van der Waals surface area contributed by atoms with Crippen LogP contribution in [0.5, 0.6) is 23.0 Å². The number of benzene rings is 4. The van der Waals surface area contributed by atoms with Gasteiger partial charge in [0.05, 0.1) is 0 Å². The van der Waals surface area contributed by atoms with Crippen LogP contribution in [0.15, 0.2) is 60.7 Å². The van der Waals surface area contributed by atoms with Gasteiger partial charge in [0.2, 0.25) is 0 Å². The molecule has 0 unspecified atom stereocenters. The highest BCUT2D eigenvalue weighted by Crippen LogP contribution is 2.35. The maximum absolute atomic E-state index is 11.6. The van der Waals surface area contributed by atoms with Gasteiger partial charge in [0.25, 0.3) is 0 Å². The highest BCUT2D eigenvalue weighted by molar-refractivity contribution is 5.69. The van der Waals surface area contributed by atoms with E-state index in [1.165, 1.54) is 24.3 Å². The summed E-state index contributed by atoms with van der Waals surface area (Å²) in [4.78, 5) is 45.5. The minimum atomic E-state index is -1.06. The average Bonchev–Trinajstić information content (AvgIpc) is 3.07. The Kier molecular flexibility index (Phi) is 13.2. The van der Waals surface area contributed by atoms with Crippen LogP contribution >= 0.6 is 0 Å². The fraction of sp³-hybridized carbons (Fsp3) is 0.300. The van der Waals surface area contributed by atoms with Gasteiger partial charge in [-0.25, -0.2) is 0 Å². The summed E-state index contributed by atoms with van der Waals surface area (Å²) in [5.41, 5.74) is 5.67. The van der Waals surface area contributed by atoms with Gasteiger partial charge in [-0.1, -0.05) is 36.4 Å². The fourth-order valence-corrected chi connectivity index (χ4v) is 6.43. The minimum absolute atomic E-state index is 0.0143. The van der Waals surface area contributed by atoms with E-state index in [9.17, 15) is 49.8 Å². The highest BCUT2D eigenvalue weighted by atomic mass is 16.4. The Balaban J connectivity index is 1.66. The summed E-state index contributed by atoms with van der Waals surface area (Å²) in [5.74, 6) is -4.34. The Labute approximate surface area is 299 Å². The molecule has 12 nitrogen and oxygen atoms in total. The molecule has 0 amide bonds. The molecule has 0 aromatic heterocycles. The molecular formula is C40H42O12. The number of carboxylic acid groups (broad SMARTS) is 4. The van der Waals surface area contributed by atoms with Crippen molar-refractivity contribution in [3.8, 4) is 23.0 Å². The van der Waals surface area contributed by atoms with Gasteiger partial charge in [0.15, 0.2) is 0 Å². The number of aliphatic carboxylic acids is 4. The quantitative estimate of drug-likeness (QED) is 0.0598. The molecule has 0 aliphatic carbocycles. The predicted octanol–water partition coefficient (Wildman–Crippen LogP) is 5.54. The van der Waals surface area contributed by atoms with Gasteiger partial charge < -0.3 is 40.9 Å². The van der Waals surface area contributed by atoms with Crippen LogP contribution in [0, 0.1) is 0 Å². The van der Waals surface area contributed by atoms with E-state index in [0.717, 1.165) is 0 Å². The third-order valence-electron chi connectivity index (χ3n) is 9.13. The van der Waals surface area contributed by atoms with Crippen LogP contribution in [0.4, 0.5) is 0 Å². The zero-order valence-corrected chi connectivity index (χ0v) is 28.5. The second kappa shape index (κ2) is 17.8. The molecule has 12 heteroatoms. The van der Waals surface area contributed by atoms with Gasteiger partial charge >= 0.3 is 23.9 Å². The van der Waals surface area contributed by atoms with Crippen molar-refractivity contribution in [2.24, 2.45) is 0 Å². The van der Waals surface area contributed by atoms with E-state index < -0.39 is 23.9 Å². The SMILES string of the molecule is O=C(O)CCc1ccc(O)cc1Cc1ccc(CCc2ccc(Cc3cc(O)ccc3CCC(=O)O)c(O)c2CCC(=O)O)c(CCC(=O)O)c1O. The molecule has 0 saturated carbocycles. The number of aryl methyl sites for hydroxylation is 4. The Morgan fingerprint density at radius 3 is 1.02 bits per heavy atom. The van der Waals surface area contributed by atoms with Gasteiger partial charge in [-0.05, 0) is 118 Å². The Bertz CT molecular complexity index is 1820. The largest absolute Gasteiger partial charge is 0.508 e. The van der Waals surface area contributed by atoms with E-state index in [4.69, 9.17) is 10.2 Å². The van der Waals surface area contributed by atoms with Crippen LogP contribution in [0.3, 0.4) is 0 Å². The van der Waals surface area contributed by atoms with E-state index >= 15 is 0 Å². The average molecular weight is 715 g/mol. The van der Waals surface area contributed by atoms with Gasteiger partial charge in [0, 0.05) is 38.5 Å². The van der Waals surface area contributed by atoms with Crippen molar-refractivity contribution in [1.82, 2.24) is 0 Å². The number of carbonyl (C=O) groups is 4. The second-order valence-corrected chi connectivity index (χ2v) is 12.8. The lowest BCUT2D eigenvalue weighted by Gasteiger charge is -2.18. The second-order valence-electron chi connectivity index (χ2n) is 12.8. The zero-order chi connectivity index (χ0) is 37.9. The molecule has 4 rings (SSSR count). The summed E-state index contributed by atoms with van der Waals surface area (Å²) in [5, 5.41) is 80.4. The van der Waals surface area contributed by atoms with Crippen molar-refractivity contribution < 1.29 is 60.0 Å². The third-order valence-corrected chi connectivity index (χ3v) is 9.13. The molecule has 8 N–H and O–H groups in total. The molecule has 0 aliphatic heterocycles. The van der Waals surface area contributed by atoms with Crippen LogP contribution in [0.1, 0.15) is 81.3 Å². The molecule has 0 aliphatic rings. The lowest BCUT2D eigenvalue weighted by atomic mass is 9.88. The molecule has 274 valence electrons. The first-order chi connectivity index (χ1) is 24.7. The summed E-state index contributed by atoms with van der Waals surface area (Å²) < 4.78 is 0. The number of phenols is 4. The van der Waals surface area contributed by atoms with Crippen LogP contribution < -0.4 is 0 Å². The summed E-state index contributed by atoms with van der Waals surface area (Å²) in [6.07, 6.45) is 0.612. The number of carboxylic acids is 4. The first kappa shape index (κ1) is 38.8. The Hall–Kier alpha value is -6.04. The van der Waals surface area contributed by atoms with Crippen molar-refractivity contribution in [2.75, 3.05) is 0 Å². The number of phenolic OH excluding ortho intramolecular Hbond substituents is 4. The zero-order valence-electron chi connectivity index (χ0n) is 28.5. The lowest BCUT2D eigenvalue weighted by Crippen LogP contribution is -2.07. The van der Waals surface area contributed by atoms with Crippen molar-refractivity contribution in [1.29, 1.82) is 0 Å². The number of hydrogen-bond donors (Lipinski definition) is 8. The molecule has 52 heavy (non-hydrogen) atoms. The van der Waals surface area contributed by atoms with Crippen molar-refractivity contribution in [2.45, 2.75) is 77.0 Å². The third kappa shape index (κ3) is 10.7. The predicted molar refractivity (Wildman–Crippen MR) is 189 cm³/mol. The van der Waals surface area contributed by atoms with E-state index in [1.54, 1.807) is 36.4 Å². The molecule has 0 atom stereocenters. The monoisotopic (exact) mass is 714 g/mol. The van der Waals surface area contributed by atoms with Gasteiger partial charge in [-0.2, -0.15) is 0 Å². The van der Waals surface area contributed by atoms with Crippen molar-refractivity contribution in [3.63, 3.8) is 0 Å². The maximum Gasteiger partial charge on any atom is 0.303 e. The molecule has 0 saturated heterocycles. The van der Waals surface area contributed by atoms with Gasteiger partial charge in [-0.15, -0.1) is 0 Å². The van der Waals surface area contributed by atoms with Crippen molar-refractivity contribution in [3.05, 3.63) is 116 Å². The van der Waals surface area contributed by atoms with Crippen LogP contribution in [-0.2, 0) is 70.5 Å². The molecule has 4 aromatic carbocycles. The Morgan fingerprint density at radius 1 is 0.365 bits per heavy atom. The summed E-state index contributed by atoms with van der Waals surface area (Å²) in [6, 6.07) is 16.2. The van der Waals surface area contributed by atoms with Crippen molar-refractivity contribution >= 4 is 23.9 Å². The maximum atomic E-state index is 11.6. The molecule has 4 aromatic rings. The molecular weight excluding hydrogens is 672 g/mol. The summed E-state index contributed by atoms with van der Waals surface area (Å²) >= 11 is 0. The smallest absolute Gasteiger partial charge is 0.303 e. The number of hydrogen-bond acceptors (Lipinski definition) is 8. The standard InChI is InChI=1S/C40H42O12/c41-31-11-7-23(9-15-35(43)44)29(21-31)19-27-5-3-25(33(39(27)51)13-17-37(47)48)1-2-26-4-6-28(40(52)34(26)14-18-38(49)50)20-30-22-32(42)12-8-24(30)10-16-36(45)46/h3-8,11-12,21-22,41-42,51-52H,1-2,9-10,13-20H2,(H,43,44)(H,45,46)(H,47,48)(H,49,50). The highest BCUT2D eigenvalue weighted by Gasteiger charge is 2.20. The van der Waals surface area contributed by atoms with E-state index in [2.05, 4.69) is 0 Å². The van der Waals surface area contributed by atoms with Crippen LogP contribution in [0.25, 0.3) is 0 Å². The van der Waals surface area contributed by atoms with E-state index in [1.807, 2.05) is 0 Å². The summed E-state index contributed by atoms with van der Waals surface area (Å²) in [6.45, 7) is 0. The van der Waals surface area contributed by atoms with E-state index in [-0.39, 0.29) is 87.2 Å². The normalized spacial score (nSPS) is 11.0. The molecule has 0 bridgehead atoms.